The van der Waals surface area contributed by atoms with Crippen LogP contribution in [0, 0.1) is 6.92 Å². The topological polar surface area (TPSA) is 124 Å². The molecule has 1 saturated heterocycles. The number of carbonyl (C=O) groups is 1. The standard InChI is InChI=1S/C24H20ClF3N6O4/c1-11-19(13-6-29-34(7-13)15-9-38-10-15)32-21-16(5-14(24(26,27)28)8-33(21)22(11)35)12(2)30-17-3-4-18(25)31-20(17)23(36)37/h3-8,12,15,30H,9-10H2,1-2H3,(H,36,37)/t12-/m1/s1. The molecule has 0 aliphatic carbocycles. The Kier molecular flexibility index (Phi) is 6.35. The molecule has 0 spiro atoms. The molecule has 5 heterocycles. The number of carboxylic acid groups (broad SMARTS) is 1. The van der Waals surface area contributed by atoms with Crippen molar-refractivity contribution in [3.63, 3.8) is 0 Å². The van der Waals surface area contributed by atoms with E-state index in [1.54, 1.807) is 10.9 Å². The summed E-state index contributed by atoms with van der Waals surface area (Å²) in [5.41, 5.74) is -1.18. The summed E-state index contributed by atoms with van der Waals surface area (Å²) in [6.45, 7) is 4.01. The minimum absolute atomic E-state index is 0.0178. The summed E-state index contributed by atoms with van der Waals surface area (Å²) in [5.74, 6) is -1.38. The molecule has 1 aliphatic rings. The number of halogens is 4. The van der Waals surface area contributed by atoms with Gasteiger partial charge in [-0.1, -0.05) is 11.6 Å². The lowest BCUT2D eigenvalue weighted by molar-refractivity contribution is -0.137. The van der Waals surface area contributed by atoms with Gasteiger partial charge in [0.1, 0.15) is 10.8 Å². The molecule has 2 N–H and O–H groups in total. The van der Waals surface area contributed by atoms with Crippen LogP contribution in [0.25, 0.3) is 16.9 Å². The second-order valence-electron chi connectivity index (χ2n) is 8.87. The Morgan fingerprint density at radius 3 is 2.63 bits per heavy atom. The number of pyridine rings is 2. The van der Waals surface area contributed by atoms with Gasteiger partial charge in [-0.2, -0.15) is 18.3 Å². The summed E-state index contributed by atoms with van der Waals surface area (Å²) in [7, 11) is 0. The Balaban J connectivity index is 1.67. The highest BCUT2D eigenvalue weighted by Crippen LogP contribution is 2.34. The predicted molar refractivity (Wildman–Crippen MR) is 131 cm³/mol. The average Bonchev–Trinajstić information content (AvgIpc) is 3.29. The summed E-state index contributed by atoms with van der Waals surface area (Å²) in [5, 5.41) is 16.6. The van der Waals surface area contributed by atoms with Crippen molar-refractivity contribution >= 4 is 28.9 Å². The Hall–Kier alpha value is -3.97. The molecule has 198 valence electrons. The summed E-state index contributed by atoms with van der Waals surface area (Å²) in [6.07, 6.45) is -0.802. The van der Waals surface area contributed by atoms with Gasteiger partial charge in [-0.25, -0.2) is 14.8 Å². The molecule has 38 heavy (non-hydrogen) atoms. The number of alkyl halides is 3. The summed E-state index contributed by atoms with van der Waals surface area (Å²) in [6, 6.07) is 2.72. The third-order valence-electron chi connectivity index (χ3n) is 6.28. The smallest absolute Gasteiger partial charge is 0.417 e. The molecular formula is C24H20ClF3N6O4. The van der Waals surface area contributed by atoms with Crippen molar-refractivity contribution in [1.82, 2.24) is 24.1 Å². The minimum Gasteiger partial charge on any atom is -0.476 e. The fourth-order valence-corrected chi connectivity index (χ4v) is 4.32. The zero-order valence-corrected chi connectivity index (χ0v) is 20.7. The van der Waals surface area contributed by atoms with E-state index in [9.17, 15) is 27.9 Å². The number of fused-ring (bicyclic) bond motifs is 1. The van der Waals surface area contributed by atoms with Crippen molar-refractivity contribution in [3.8, 4) is 11.3 Å². The van der Waals surface area contributed by atoms with Crippen molar-refractivity contribution in [2.45, 2.75) is 32.1 Å². The number of hydrogen-bond donors (Lipinski definition) is 2. The van der Waals surface area contributed by atoms with Crippen LogP contribution in [0.15, 0.2) is 41.6 Å². The van der Waals surface area contributed by atoms with Crippen LogP contribution in [-0.4, -0.2) is 48.4 Å². The molecule has 0 radical (unpaired) electrons. The molecule has 0 saturated carbocycles. The number of nitrogens with zero attached hydrogens (tertiary/aromatic N) is 5. The Morgan fingerprint density at radius 2 is 2.00 bits per heavy atom. The van der Waals surface area contributed by atoms with Crippen molar-refractivity contribution in [3.05, 3.63) is 74.7 Å². The minimum atomic E-state index is -4.76. The molecule has 1 atom stereocenters. The van der Waals surface area contributed by atoms with Gasteiger partial charge < -0.3 is 15.2 Å². The van der Waals surface area contributed by atoms with E-state index in [0.29, 0.717) is 25.0 Å². The van der Waals surface area contributed by atoms with E-state index in [1.807, 2.05) is 0 Å². The molecule has 1 fully saturated rings. The van der Waals surface area contributed by atoms with Crippen LogP contribution in [-0.2, 0) is 10.9 Å². The van der Waals surface area contributed by atoms with Crippen molar-refractivity contribution < 1.29 is 27.8 Å². The molecular weight excluding hydrogens is 529 g/mol. The summed E-state index contributed by atoms with van der Waals surface area (Å²) < 4.78 is 49.2. The maximum absolute atomic E-state index is 13.8. The monoisotopic (exact) mass is 548 g/mol. The number of ether oxygens (including phenoxy) is 1. The highest BCUT2D eigenvalue weighted by Gasteiger charge is 2.33. The van der Waals surface area contributed by atoms with Gasteiger partial charge in [-0.15, -0.1) is 0 Å². The van der Waals surface area contributed by atoms with E-state index in [1.165, 1.54) is 32.2 Å². The van der Waals surface area contributed by atoms with Gasteiger partial charge in [0.2, 0.25) is 0 Å². The van der Waals surface area contributed by atoms with E-state index in [4.69, 9.17) is 16.3 Å². The number of nitrogens with one attached hydrogen (secondary N) is 1. The lowest BCUT2D eigenvalue weighted by Crippen LogP contribution is -2.30. The number of rotatable bonds is 6. The molecule has 0 unspecified atom stereocenters. The lowest BCUT2D eigenvalue weighted by atomic mass is 10.0. The normalized spacial score (nSPS) is 14.9. The zero-order valence-electron chi connectivity index (χ0n) is 20.0. The van der Waals surface area contributed by atoms with Crippen LogP contribution >= 0.6 is 11.6 Å². The molecule has 0 bridgehead atoms. The van der Waals surface area contributed by atoms with Gasteiger partial charge in [0.25, 0.3) is 5.56 Å². The average molecular weight is 549 g/mol. The van der Waals surface area contributed by atoms with Gasteiger partial charge in [0, 0.05) is 29.1 Å². The number of carboxylic acids is 1. The highest BCUT2D eigenvalue weighted by atomic mass is 35.5. The first kappa shape index (κ1) is 25.7. The van der Waals surface area contributed by atoms with Crippen LogP contribution in [0.2, 0.25) is 5.15 Å². The predicted octanol–water partition coefficient (Wildman–Crippen LogP) is 4.38. The van der Waals surface area contributed by atoms with E-state index < -0.39 is 35.0 Å². The number of hydrogen-bond acceptors (Lipinski definition) is 7. The third-order valence-corrected chi connectivity index (χ3v) is 6.49. The fourth-order valence-electron chi connectivity index (χ4n) is 4.17. The Morgan fingerprint density at radius 1 is 1.26 bits per heavy atom. The molecule has 0 aromatic carbocycles. The maximum Gasteiger partial charge on any atom is 0.417 e. The fraction of sp³-hybridized carbons (Fsp3) is 0.292. The van der Waals surface area contributed by atoms with Crippen molar-refractivity contribution in [2.75, 3.05) is 18.5 Å². The van der Waals surface area contributed by atoms with Crippen molar-refractivity contribution in [1.29, 1.82) is 0 Å². The van der Waals surface area contributed by atoms with Gasteiger partial charge in [0.05, 0.1) is 48.4 Å². The van der Waals surface area contributed by atoms with Crippen molar-refractivity contribution in [2.24, 2.45) is 0 Å². The Labute approximate surface area is 217 Å². The van der Waals surface area contributed by atoms with Gasteiger partial charge in [0.15, 0.2) is 5.69 Å². The first-order valence-corrected chi connectivity index (χ1v) is 11.7. The largest absolute Gasteiger partial charge is 0.476 e. The summed E-state index contributed by atoms with van der Waals surface area (Å²) in [4.78, 5) is 33.4. The second kappa shape index (κ2) is 9.40. The molecule has 10 nitrogen and oxygen atoms in total. The third kappa shape index (κ3) is 4.58. The number of aromatic nitrogens is 5. The molecule has 5 rings (SSSR count). The first-order chi connectivity index (χ1) is 17.9. The molecule has 4 aromatic rings. The van der Waals surface area contributed by atoms with Crippen LogP contribution in [0.4, 0.5) is 18.9 Å². The van der Waals surface area contributed by atoms with Gasteiger partial charge >= 0.3 is 12.1 Å². The van der Waals surface area contributed by atoms with Crippen LogP contribution < -0.4 is 10.9 Å². The van der Waals surface area contributed by atoms with Gasteiger partial charge in [-0.05, 0) is 32.0 Å². The highest BCUT2D eigenvalue weighted by molar-refractivity contribution is 6.29. The first-order valence-electron chi connectivity index (χ1n) is 11.4. The number of aromatic carboxylic acids is 1. The van der Waals surface area contributed by atoms with E-state index >= 15 is 0 Å². The van der Waals surface area contributed by atoms with E-state index in [-0.39, 0.29) is 39.4 Å². The van der Waals surface area contributed by atoms with E-state index in [0.717, 1.165) is 10.5 Å². The SMILES string of the molecule is Cc1c(-c2cnn(C3COC3)c2)nc2c([C@@H](C)Nc3ccc(Cl)nc3C(=O)O)cc(C(F)(F)F)cn2c1=O. The molecule has 0 amide bonds. The molecule has 14 heteroatoms. The van der Waals surface area contributed by atoms with Crippen LogP contribution in [0.3, 0.4) is 0 Å². The number of anilines is 1. The Bertz CT molecular complexity index is 1630. The molecule has 4 aromatic heterocycles. The lowest BCUT2D eigenvalue weighted by Gasteiger charge is -2.25. The molecule has 1 aliphatic heterocycles. The summed E-state index contributed by atoms with van der Waals surface area (Å²) >= 11 is 5.82. The van der Waals surface area contributed by atoms with E-state index in [2.05, 4.69) is 20.4 Å². The van der Waals surface area contributed by atoms with Gasteiger partial charge in [-0.3, -0.25) is 13.9 Å². The van der Waals surface area contributed by atoms with Crippen LogP contribution in [0.1, 0.15) is 46.2 Å². The quantitative estimate of drug-likeness (QED) is 0.340. The zero-order chi connectivity index (χ0) is 27.4. The maximum atomic E-state index is 13.8. The van der Waals surface area contributed by atoms with Crippen LogP contribution in [0.5, 0.6) is 0 Å². The second-order valence-corrected chi connectivity index (χ2v) is 9.25.